The van der Waals surface area contributed by atoms with Gasteiger partial charge in [0.2, 0.25) is 6.41 Å². The molecule has 0 atom stereocenters. The molecule has 1 saturated carbocycles. The molecular formula is C17H28N2O2. The van der Waals surface area contributed by atoms with Crippen molar-refractivity contribution in [2.45, 2.75) is 52.0 Å². The highest BCUT2D eigenvalue weighted by molar-refractivity contribution is 5.82. The zero-order valence-corrected chi connectivity index (χ0v) is 13.1. The summed E-state index contributed by atoms with van der Waals surface area (Å²) in [4.78, 5) is 19.9. The maximum atomic E-state index is 11.3. The maximum Gasteiger partial charge on any atom is 0.204 e. The molecule has 2 rings (SSSR count). The third kappa shape index (κ3) is 10.7. The first-order valence-electron chi connectivity index (χ1n) is 7.48. The fraction of sp³-hybridized carbons (Fsp3) is 0.529. The van der Waals surface area contributed by atoms with Gasteiger partial charge in [0.25, 0.3) is 0 Å². The third-order valence-electron chi connectivity index (χ3n) is 3.26. The summed E-state index contributed by atoms with van der Waals surface area (Å²) in [5.74, 6) is 0.450. The van der Waals surface area contributed by atoms with Crippen molar-refractivity contribution < 1.29 is 9.59 Å². The van der Waals surface area contributed by atoms with E-state index in [1.165, 1.54) is 25.7 Å². The molecule has 0 spiro atoms. The number of nitrogens with two attached hydrogens (primary N) is 2. The Balaban J connectivity index is 0.000000369. The number of primary amides is 1. The molecule has 1 aromatic carbocycles. The van der Waals surface area contributed by atoms with E-state index in [9.17, 15) is 4.79 Å². The Labute approximate surface area is 127 Å². The average Bonchev–Trinajstić information content (AvgIpc) is 2.92. The highest BCUT2D eigenvalue weighted by Crippen LogP contribution is 2.14. The summed E-state index contributed by atoms with van der Waals surface area (Å²) in [6.45, 7) is 3.87. The highest BCUT2D eigenvalue weighted by atomic mass is 16.1. The average molecular weight is 292 g/mol. The fourth-order valence-corrected chi connectivity index (χ4v) is 1.96. The Bertz CT molecular complexity index is 385. The lowest BCUT2D eigenvalue weighted by Gasteiger charge is -2.02. The number of hydrogen-bond acceptors (Lipinski definition) is 3. The molecule has 1 aliphatic rings. The molecule has 4 N–H and O–H groups in total. The van der Waals surface area contributed by atoms with Crippen molar-refractivity contribution in [3.63, 3.8) is 0 Å². The van der Waals surface area contributed by atoms with Crippen LogP contribution < -0.4 is 11.5 Å². The number of carbonyl (C=O) groups excluding carboxylic acids is 2. The summed E-state index contributed by atoms with van der Waals surface area (Å²) in [6, 6.07) is 10.4. The molecule has 0 aromatic heterocycles. The van der Waals surface area contributed by atoms with E-state index in [0.717, 1.165) is 5.56 Å². The van der Waals surface area contributed by atoms with Crippen LogP contribution in [0.3, 0.4) is 0 Å². The summed E-state index contributed by atoms with van der Waals surface area (Å²) in [7, 11) is 0. The molecule has 0 aliphatic heterocycles. The van der Waals surface area contributed by atoms with Crippen LogP contribution in [0.15, 0.2) is 30.3 Å². The van der Waals surface area contributed by atoms with E-state index in [0.29, 0.717) is 18.2 Å². The van der Waals surface area contributed by atoms with Crippen LogP contribution >= 0.6 is 0 Å². The number of Topliss-reactive ketones (excluding diaryl/α,β-unsaturated/α-hetero) is 1. The minimum Gasteiger partial charge on any atom is -0.372 e. The van der Waals surface area contributed by atoms with Crippen molar-refractivity contribution in [1.29, 1.82) is 0 Å². The van der Waals surface area contributed by atoms with Crippen LogP contribution in [0.2, 0.25) is 0 Å². The summed E-state index contributed by atoms with van der Waals surface area (Å²) in [5, 5.41) is 0. The summed E-state index contributed by atoms with van der Waals surface area (Å²) >= 11 is 0. The van der Waals surface area contributed by atoms with Gasteiger partial charge in [-0.3, -0.25) is 9.59 Å². The molecule has 1 amide bonds. The lowest BCUT2D eigenvalue weighted by atomic mass is 10.0. The number of hydrogen-bond donors (Lipinski definition) is 2. The van der Waals surface area contributed by atoms with Crippen LogP contribution in [0, 0.1) is 5.92 Å². The Kier molecular flexibility index (Phi) is 11.1. The van der Waals surface area contributed by atoms with Crippen LogP contribution in [0.4, 0.5) is 0 Å². The Morgan fingerprint density at radius 1 is 1.24 bits per heavy atom. The van der Waals surface area contributed by atoms with E-state index in [2.05, 4.69) is 5.73 Å². The number of carbonyl (C=O) groups is 2. The third-order valence-corrected chi connectivity index (χ3v) is 3.26. The van der Waals surface area contributed by atoms with Gasteiger partial charge in [0.1, 0.15) is 5.78 Å². The molecule has 1 fully saturated rings. The smallest absolute Gasteiger partial charge is 0.204 e. The van der Waals surface area contributed by atoms with Gasteiger partial charge in [-0.15, -0.1) is 0 Å². The van der Waals surface area contributed by atoms with E-state index < -0.39 is 0 Å². The minimum atomic E-state index is 0.144. The molecule has 1 aliphatic carbocycles. The van der Waals surface area contributed by atoms with Crippen molar-refractivity contribution in [2.24, 2.45) is 17.4 Å². The summed E-state index contributed by atoms with van der Waals surface area (Å²) in [6.07, 6.45) is 6.07. The van der Waals surface area contributed by atoms with Gasteiger partial charge in [-0.05, 0) is 18.4 Å². The maximum absolute atomic E-state index is 11.3. The predicted octanol–water partition coefficient (Wildman–Crippen LogP) is 2.44. The van der Waals surface area contributed by atoms with E-state index >= 15 is 0 Å². The molecule has 0 radical (unpaired) electrons. The Morgan fingerprint density at radius 3 is 2.05 bits per heavy atom. The lowest BCUT2D eigenvalue weighted by Crippen LogP contribution is -2.13. The van der Waals surface area contributed by atoms with Gasteiger partial charge in [0.05, 0.1) is 0 Å². The molecule has 0 saturated heterocycles. The molecule has 21 heavy (non-hydrogen) atoms. The van der Waals surface area contributed by atoms with Crippen molar-refractivity contribution in [3.8, 4) is 0 Å². The second kappa shape index (κ2) is 12.1. The van der Waals surface area contributed by atoms with Gasteiger partial charge in [0.15, 0.2) is 0 Å². The molecule has 4 nitrogen and oxygen atoms in total. The quantitative estimate of drug-likeness (QED) is 0.839. The Morgan fingerprint density at radius 2 is 1.71 bits per heavy atom. The first-order chi connectivity index (χ1) is 10.0. The van der Waals surface area contributed by atoms with Crippen molar-refractivity contribution in [2.75, 3.05) is 0 Å². The molecule has 1 aromatic rings. The van der Waals surface area contributed by atoms with Gasteiger partial charge in [-0.25, -0.2) is 0 Å². The summed E-state index contributed by atoms with van der Waals surface area (Å²) < 4.78 is 0. The standard InChI is InChI=1S/C11H14O.C5H11N.CH3NO/c1-9(2)11(12)8-10-6-4-3-5-7-10;6-5-3-1-2-4-5;2-1-3/h3-7,9H,8H2,1-2H3;5H,1-4,6H2;1H,(H2,2,3). The second-order valence-electron chi connectivity index (χ2n) is 5.46. The molecule has 0 bridgehead atoms. The largest absolute Gasteiger partial charge is 0.372 e. The van der Waals surface area contributed by atoms with Gasteiger partial charge >= 0.3 is 0 Å². The number of ketones is 1. The normalized spacial score (nSPS) is 13.7. The van der Waals surface area contributed by atoms with Crippen LogP contribution in [0.5, 0.6) is 0 Å². The monoisotopic (exact) mass is 292 g/mol. The number of rotatable bonds is 3. The van der Waals surface area contributed by atoms with E-state index in [1.807, 2.05) is 44.2 Å². The molecule has 0 heterocycles. The highest BCUT2D eigenvalue weighted by Gasteiger charge is 2.08. The van der Waals surface area contributed by atoms with Gasteiger partial charge in [0, 0.05) is 18.4 Å². The van der Waals surface area contributed by atoms with Crippen molar-refractivity contribution >= 4 is 12.2 Å². The fourth-order valence-electron chi connectivity index (χ4n) is 1.96. The second-order valence-corrected chi connectivity index (χ2v) is 5.46. The SMILES string of the molecule is CC(C)C(=O)Cc1ccccc1.NC1CCCC1.NC=O. The first-order valence-corrected chi connectivity index (χ1v) is 7.48. The van der Waals surface area contributed by atoms with Crippen LogP contribution in [0.1, 0.15) is 45.1 Å². The van der Waals surface area contributed by atoms with Crippen LogP contribution in [0.25, 0.3) is 0 Å². The topological polar surface area (TPSA) is 86.2 Å². The number of amides is 1. The molecule has 0 unspecified atom stereocenters. The van der Waals surface area contributed by atoms with E-state index in [-0.39, 0.29) is 12.3 Å². The number of benzene rings is 1. The van der Waals surface area contributed by atoms with Crippen LogP contribution in [-0.4, -0.2) is 18.2 Å². The van der Waals surface area contributed by atoms with E-state index in [1.54, 1.807) is 0 Å². The Hall–Kier alpha value is -1.68. The van der Waals surface area contributed by atoms with Gasteiger partial charge < -0.3 is 11.5 Å². The van der Waals surface area contributed by atoms with Crippen LogP contribution in [-0.2, 0) is 16.0 Å². The van der Waals surface area contributed by atoms with Gasteiger partial charge in [-0.2, -0.15) is 0 Å². The minimum absolute atomic E-state index is 0.144. The predicted molar refractivity (Wildman–Crippen MR) is 86.7 cm³/mol. The van der Waals surface area contributed by atoms with Gasteiger partial charge in [-0.1, -0.05) is 57.0 Å². The zero-order valence-electron chi connectivity index (χ0n) is 13.1. The zero-order chi connectivity index (χ0) is 16.1. The lowest BCUT2D eigenvalue weighted by molar-refractivity contribution is -0.121. The molecule has 4 heteroatoms. The molecular weight excluding hydrogens is 264 g/mol. The summed E-state index contributed by atoms with van der Waals surface area (Å²) in [5.41, 5.74) is 10.8. The van der Waals surface area contributed by atoms with Crippen molar-refractivity contribution in [3.05, 3.63) is 35.9 Å². The first kappa shape index (κ1) is 19.3. The molecule has 118 valence electrons. The van der Waals surface area contributed by atoms with E-state index in [4.69, 9.17) is 10.5 Å². The van der Waals surface area contributed by atoms with Crippen molar-refractivity contribution in [1.82, 2.24) is 0 Å².